The highest BCUT2D eigenvalue weighted by atomic mass is 32.2. The second kappa shape index (κ2) is 2.65. The van der Waals surface area contributed by atoms with Crippen LogP contribution in [0.15, 0.2) is 17.0 Å². The Morgan fingerprint density at radius 1 is 1.17 bits per heavy atom. The average molecular weight is 189 g/mol. The predicted octanol–water partition coefficient (Wildman–Crippen LogP) is 0.145. The van der Waals surface area contributed by atoms with Crippen LogP contribution < -0.4 is 0 Å². The van der Waals surface area contributed by atoms with E-state index in [1.165, 1.54) is 0 Å². The molecule has 5 nitrogen and oxygen atoms in total. The Labute approximate surface area is 68.6 Å². The molecular formula is C6H5O5S. The standard InChI is InChI=1S/C6H5O5S/c7-4-1-5(8)3-6(2-4)12(9,10)11/h2-3,7-8H,(H,9,10,11). The third-order valence-corrected chi connectivity index (χ3v) is 1.94. The number of phenolic OH excluding ortho intramolecular Hbond substituents is 2. The number of hydrogen-bond donors (Lipinski definition) is 3. The van der Waals surface area contributed by atoms with Crippen molar-refractivity contribution in [3.63, 3.8) is 0 Å². The van der Waals surface area contributed by atoms with Crippen molar-refractivity contribution in [1.82, 2.24) is 0 Å². The van der Waals surface area contributed by atoms with Gasteiger partial charge >= 0.3 is 0 Å². The van der Waals surface area contributed by atoms with Gasteiger partial charge in [0.15, 0.2) is 0 Å². The summed E-state index contributed by atoms with van der Waals surface area (Å²) in [6.45, 7) is 0. The van der Waals surface area contributed by atoms with E-state index in [1.807, 2.05) is 6.07 Å². The fraction of sp³-hybridized carbons (Fsp3) is 0. The van der Waals surface area contributed by atoms with Gasteiger partial charge in [0, 0.05) is 12.1 Å². The van der Waals surface area contributed by atoms with E-state index in [2.05, 4.69) is 0 Å². The van der Waals surface area contributed by atoms with Gasteiger partial charge in [-0.2, -0.15) is 8.42 Å². The molecule has 6 heteroatoms. The lowest BCUT2D eigenvalue weighted by atomic mass is 10.3. The summed E-state index contributed by atoms with van der Waals surface area (Å²) in [5, 5.41) is 17.5. The zero-order valence-electron chi connectivity index (χ0n) is 5.72. The van der Waals surface area contributed by atoms with Crippen molar-refractivity contribution < 1.29 is 23.2 Å². The molecule has 0 aliphatic rings. The zero-order valence-corrected chi connectivity index (χ0v) is 6.54. The van der Waals surface area contributed by atoms with Gasteiger partial charge < -0.3 is 10.2 Å². The molecule has 1 rings (SSSR count). The Balaban J connectivity index is 3.37. The molecular weight excluding hydrogens is 184 g/mol. The minimum Gasteiger partial charge on any atom is -0.507 e. The number of phenols is 2. The van der Waals surface area contributed by atoms with Crippen molar-refractivity contribution in [2.75, 3.05) is 0 Å². The van der Waals surface area contributed by atoms with E-state index >= 15 is 0 Å². The van der Waals surface area contributed by atoms with Crippen LogP contribution in [0, 0.1) is 6.07 Å². The van der Waals surface area contributed by atoms with Crippen LogP contribution >= 0.6 is 0 Å². The number of hydrogen-bond acceptors (Lipinski definition) is 4. The maximum Gasteiger partial charge on any atom is 0.294 e. The highest BCUT2D eigenvalue weighted by Gasteiger charge is 2.11. The first-order valence-corrected chi connectivity index (χ1v) is 4.26. The predicted molar refractivity (Wildman–Crippen MR) is 38.4 cm³/mol. The molecule has 0 saturated carbocycles. The number of rotatable bonds is 1. The minimum atomic E-state index is -4.39. The molecule has 0 fully saturated rings. The molecule has 0 unspecified atom stereocenters. The summed E-state index contributed by atoms with van der Waals surface area (Å²) < 4.78 is 29.4. The minimum absolute atomic E-state index is 0.553. The van der Waals surface area contributed by atoms with E-state index in [4.69, 9.17) is 14.8 Å². The lowest BCUT2D eigenvalue weighted by molar-refractivity contribution is 0.440. The summed E-state index contributed by atoms with van der Waals surface area (Å²) in [6.07, 6.45) is 0. The third-order valence-electron chi connectivity index (χ3n) is 1.11. The lowest BCUT2D eigenvalue weighted by Gasteiger charge is -1.98. The van der Waals surface area contributed by atoms with Crippen molar-refractivity contribution in [1.29, 1.82) is 0 Å². The van der Waals surface area contributed by atoms with Gasteiger partial charge in [-0.25, -0.2) is 0 Å². The Hall–Kier alpha value is -1.27. The van der Waals surface area contributed by atoms with Crippen LogP contribution in [0.25, 0.3) is 0 Å². The molecule has 0 aliphatic heterocycles. The smallest absolute Gasteiger partial charge is 0.294 e. The largest absolute Gasteiger partial charge is 0.507 e. The van der Waals surface area contributed by atoms with Crippen molar-refractivity contribution in [3.8, 4) is 11.5 Å². The fourth-order valence-corrected chi connectivity index (χ4v) is 1.18. The summed E-state index contributed by atoms with van der Waals surface area (Å²) in [5.41, 5.74) is 0. The fourth-order valence-electron chi connectivity index (χ4n) is 0.663. The second-order valence-corrected chi connectivity index (χ2v) is 3.48. The van der Waals surface area contributed by atoms with Crippen LogP contribution in [-0.2, 0) is 10.1 Å². The first kappa shape index (κ1) is 8.82. The van der Waals surface area contributed by atoms with Gasteiger partial charge in [-0.15, -0.1) is 0 Å². The Bertz CT molecular complexity index is 374. The van der Waals surface area contributed by atoms with Gasteiger partial charge in [0.1, 0.15) is 16.4 Å². The van der Waals surface area contributed by atoms with E-state index in [-0.39, 0.29) is 0 Å². The average Bonchev–Trinajstić information content (AvgIpc) is 1.82. The summed E-state index contributed by atoms with van der Waals surface area (Å²) in [6, 6.07) is 3.56. The first-order valence-electron chi connectivity index (χ1n) is 2.82. The second-order valence-electron chi connectivity index (χ2n) is 2.06. The molecule has 0 atom stereocenters. The topological polar surface area (TPSA) is 94.8 Å². The van der Waals surface area contributed by atoms with Crippen LogP contribution in [0.3, 0.4) is 0 Å². The molecule has 12 heavy (non-hydrogen) atoms. The molecule has 1 aromatic rings. The van der Waals surface area contributed by atoms with Crippen LogP contribution in [0.1, 0.15) is 0 Å². The summed E-state index contributed by atoms with van der Waals surface area (Å²) in [7, 11) is -4.39. The molecule has 0 spiro atoms. The molecule has 3 N–H and O–H groups in total. The zero-order chi connectivity index (χ0) is 9.35. The van der Waals surface area contributed by atoms with Crippen molar-refractivity contribution in [3.05, 3.63) is 18.2 Å². The van der Waals surface area contributed by atoms with E-state index in [0.717, 1.165) is 12.1 Å². The van der Waals surface area contributed by atoms with Crippen LogP contribution in [-0.4, -0.2) is 23.2 Å². The SMILES string of the molecule is O=S(=O)(O)c1cc(O)[c]c(O)c1. The van der Waals surface area contributed by atoms with Gasteiger partial charge in [-0.3, -0.25) is 4.55 Å². The first-order chi connectivity index (χ1) is 5.39. The van der Waals surface area contributed by atoms with Crippen LogP contribution in [0.5, 0.6) is 11.5 Å². The van der Waals surface area contributed by atoms with Crippen molar-refractivity contribution in [2.24, 2.45) is 0 Å². The maximum absolute atomic E-state index is 10.5. The molecule has 1 radical (unpaired) electrons. The van der Waals surface area contributed by atoms with E-state index in [1.54, 1.807) is 0 Å². The number of aromatic hydroxyl groups is 2. The molecule has 0 aliphatic carbocycles. The summed E-state index contributed by atoms with van der Waals surface area (Å²) in [5.74, 6) is -1.11. The Morgan fingerprint density at radius 2 is 1.58 bits per heavy atom. The monoisotopic (exact) mass is 189 g/mol. The highest BCUT2D eigenvalue weighted by molar-refractivity contribution is 7.85. The Kier molecular flexibility index (Phi) is 1.95. The van der Waals surface area contributed by atoms with Crippen molar-refractivity contribution in [2.45, 2.75) is 4.90 Å². The molecule has 0 bridgehead atoms. The Morgan fingerprint density at radius 3 is 1.92 bits per heavy atom. The van der Waals surface area contributed by atoms with Gasteiger partial charge in [0.05, 0.1) is 6.07 Å². The van der Waals surface area contributed by atoms with Gasteiger partial charge in [-0.05, 0) is 0 Å². The molecule has 65 valence electrons. The number of benzene rings is 1. The lowest BCUT2D eigenvalue weighted by Crippen LogP contribution is -1.97. The normalized spacial score (nSPS) is 11.4. The quantitative estimate of drug-likeness (QED) is 0.546. The third kappa shape index (κ3) is 1.86. The van der Waals surface area contributed by atoms with Crippen molar-refractivity contribution >= 4 is 10.1 Å². The van der Waals surface area contributed by atoms with Gasteiger partial charge in [-0.1, -0.05) is 0 Å². The van der Waals surface area contributed by atoms with E-state index in [9.17, 15) is 8.42 Å². The molecule has 0 aromatic heterocycles. The van der Waals surface area contributed by atoms with Gasteiger partial charge in [0.2, 0.25) is 0 Å². The van der Waals surface area contributed by atoms with Crippen LogP contribution in [0.4, 0.5) is 0 Å². The molecule has 0 amide bonds. The van der Waals surface area contributed by atoms with E-state index < -0.39 is 26.5 Å². The molecule has 1 aromatic carbocycles. The van der Waals surface area contributed by atoms with Crippen LogP contribution in [0.2, 0.25) is 0 Å². The highest BCUT2D eigenvalue weighted by Crippen LogP contribution is 2.22. The van der Waals surface area contributed by atoms with E-state index in [0.29, 0.717) is 0 Å². The summed E-state index contributed by atoms with van der Waals surface area (Å²) >= 11 is 0. The summed E-state index contributed by atoms with van der Waals surface area (Å²) in [4.78, 5) is -0.573. The maximum atomic E-state index is 10.5. The molecule has 0 heterocycles. The molecule has 0 saturated heterocycles. The van der Waals surface area contributed by atoms with Gasteiger partial charge in [0.25, 0.3) is 10.1 Å².